The SMILES string of the molecule is CC(C)CC(=O)CCCOCC(=O)N(C)Cc1ccc(CC(=O)N2CCC2=O)cc1. The van der Waals surface area contributed by atoms with Gasteiger partial charge in [0.05, 0.1) is 6.42 Å². The van der Waals surface area contributed by atoms with Crippen molar-refractivity contribution in [1.82, 2.24) is 9.80 Å². The van der Waals surface area contributed by atoms with Crippen LogP contribution in [0.5, 0.6) is 0 Å². The highest BCUT2D eigenvalue weighted by Gasteiger charge is 2.29. The van der Waals surface area contributed by atoms with E-state index in [-0.39, 0.29) is 36.5 Å². The second-order valence-electron chi connectivity index (χ2n) is 8.22. The van der Waals surface area contributed by atoms with Gasteiger partial charge in [-0.15, -0.1) is 0 Å². The van der Waals surface area contributed by atoms with Crippen LogP contribution >= 0.6 is 0 Å². The predicted molar refractivity (Wildman–Crippen MR) is 112 cm³/mol. The number of likely N-dealkylation sites (tertiary alicyclic amines) is 1. The minimum absolute atomic E-state index is 0.00861. The van der Waals surface area contributed by atoms with Crippen LogP contribution in [0, 0.1) is 5.92 Å². The molecule has 0 bridgehead atoms. The van der Waals surface area contributed by atoms with Crippen molar-refractivity contribution >= 4 is 23.5 Å². The highest BCUT2D eigenvalue weighted by atomic mass is 16.5. The van der Waals surface area contributed by atoms with Crippen LogP contribution < -0.4 is 0 Å². The van der Waals surface area contributed by atoms with E-state index >= 15 is 0 Å². The molecular weight excluding hydrogens is 384 g/mol. The number of carbonyl (C=O) groups is 4. The minimum atomic E-state index is -0.172. The fraction of sp³-hybridized carbons (Fsp3) is 0.565. The van der Waals surface area contributed by atoms with Gasteiger partial charge in [0.25, 0.3) is 0 Å². The van der Waals surface area contributed by atoms with E-state index in [1.807, 2.05) is 38.1 Å². The molecule has 7 nitrogen and oxygen atoms in total. The van der Waals surface area contributed by atoms with E-state index in [4.69, 9.17) is 4.74 Å². The van der Waals surface area contributed by atoms with Crippen LogP contribution in [0.25, 0.3) is 0 Å². The highest BCUT2D eigenvalue weighted by molar-refractivity contribution is 6.00. The van der Waals surface area contributed by atoms with E-state index in [1.165, 1.54) is 4.90 Å². The molecule has 0 atom stereocenters. The number of amides is 3. The molecule has 0 aliphatic carbocycles. The number of ketones is 1. The van der Waals surface area contributed by atoms with E-state index in [1.54, 1.807) is 11.9 Å². The number of hydrogen-bond donors (Lipinski definition) is 0. The monoisotopic (exact) mass is 416 g/mol. The first kappa shape index (κ1) is 23.7. The molecule has 1 saturated heterocycles. The molecule has 1 aromatic carbocycles. The zero-order chi connectivity index (χ0) is 22.1. The van der Waals surface area contributed by atoms with Gasteiger partial charge in [-0.05, 0) is 23.5 Å². The third-order valence-electron chi connectivity index (χ3n) is 4.98. The molecule has 0 saturated carbocycles. The molecule has 30 heavy (non-hydrogen) atoms. The summed E-state index contributed by atoms with van der Waals surface area (Å²) in [5.74, 6) is 0.195. The number of imide groups is 1. The molecule has 3 amide bonds. The Labute approximate surface area is 178 Å². The molecule has 1 aromatic rings. The third kappa shape index (κ3) is 7.71. The zero-order valence-corrected chi connectivity index (χ0v) is 18.2. The lowest BCUT2D eigenvalue weighted by molar-refractivity contribution is -0.152. The Morgan fingerprint density at radius 3 is 2.37 bits per heavy atom. The van der Waals surface area contributed by atoms with E-state index in [9.17, 15) is 19.2 Å². The number of ether oxygens (including phenoxy) is 1. The molecule has 0 N–H and O–H groups in total. The summed E-state index contributed by atoms with van der Waals surface area (Å²) in [6.07, 6.45) is 2.36. The molecule has 0 unspecified atom stereocenters. The second kappa shape index (κ2) is 11.6. The summed E-state index contributed by atoms with van der Waals surface area (Å²) in [6, 6.07) is 7.46. The second-order valence-corrected chi connectivity index (χ2v) is 8.22. The van der Waals surface area contributed by atoms with Crippen LogP contribution in [0.15, 0.2) is 24.3 Å². The maximum atomic E-state index is 12.2. The van der Waals surface area contributed by atoms with Gasteiger partial charge in [-0.1, -0.05) is 38.1 Å². The number of nitrogens with zero attached hydrogens (tertiary/aromatic N) is 2. The standard InChI is InChI=1S/C23H32N2O5/c1-17(2)13-20(26)5-4-12-30-16-23(29)24(3)15-19-8-6-18(7-9-19)14-22(28)25-11-10-21(25)27/h6-9,17H,4-5,10-16H2,1-3H3. The Bertz CT molecular complexity index is 757. The van der Waals surface area contributed by atoms with E-state index in [0.717, 1.165) is 11.1 Å². The molecule has 1 heterocycles. The lowest BCUT2D eigenvalue weighted by Crippen LogP contribution is -2.48. The quantitative estimate of drug-likeness (QED) is 0.386. The summed E-state index contributed by atoms with van der Waals surface area (Å²) >= 11 is 0. The summed E-state index contributed by atoms with van der Waals surface area (Å²) in [5.41, 5.74) is 1.79. The lowest BCUT2D eigenvalue weighted by Gasteiger charge is -2.28. The van der Waals surface area contributed by atoms with Crippen molar-refractivity contribution in [1.29, 1.82) is 0 Å². The topological polar surface area (TPSA) is 84.0 Å². The number of hydrogen-bond acceptors (Lipinski definition) is 5. The van der Waals surface area contributed by atoms with Crippen LogP contribution in [-0.4, -0.2) is 60.1 Å². The number of β-lactam (4-membered cyclic amide) rings is 1. The Kier molecular flexibility index (Phi) is 9.17. The Morgan fingerprint density at radius 2 is 1.80 bits per heavy atom. The summed E-state index contributed by atoms with van der Waals surface area (Å²) in [4.78, 5) is 50.0. The van der Waals surface area contributed by atoms with Crippen molar-refractivity contribution in [2.24, 2.45) is 5.92 Å². The van der Waals surface area contributed by atoms with Crippen LogP contribution in [0.1, 0.15) is 50.7 Å². The first-order chi connectivity index (χ1) is 14.3. The third-order valence-corrected chi connectivity index (χ3v) is 4.98. The average molecular weight is 417 g/mol. The molecule has 7 heteroatoms. The maximum absolute atomic E-state index is 12.2. The van der Waals surface area contributed by atoms with Gasteiger partial charge in [-0.2, -0.15) is 0 Å². The molecular formula is C23H32N2O5. The molecule has 0 spiro atoms. The summed E-state index contributed by atoms with van der Waals surface area (Å²) < 4.78 is 5.41. The largest absolute Gasteiger partial charge is 0.372 e. The molecule has 1 aliphatic rings. The van der Waals surface area contributed by atoms with Crippen molar-refractivity contribution < 1.29 is 23.9 Å². The van der Waals surface area contributed by atoms with Gasteiger partial charge in [0, 0.05) is 46.0 Å². The predicted octanol–water partition coefficient (Wildman–Crippen LogP) is 2.36. The summed E-state index contributed by atoms with van der Waals surface area (Å²) in [6.45, 7) is 5.38. The molecule has 2 rings (SSSR count). The zero-order valence-electron chi connectivity index (χ0n) is 18.2. The molecule has 1 fully saturated rings. The maximum Gasteiger partial charge on any atom is 0.248 e. The minimum Gasteiger partial charge on any atom is -0.372 e. The Morgan fingerprint density at radius 1 is 1.13 bits per heavy atom. The van der Waals surface area contributed by atoms with Crippen molar-refractivity contribution in [3.8, 4) is 0 Å². The fourth-order valence-corrected chi connectivity index (χ4v) is 3.17. The van der Waals surface area contributed by atoms with Crippen LogP contribution in [0.4, 0.5) is 0 Å². The van der Waals surface area contributed by atoms with Gasteiger partial charge in [0.2, 0.25) is 17.7 Å². The molecule has 0 aromatic heterocycles. The normalized spacial score (nSPS) is 13.3. The van der Waals surface area contributed by atoms with E-state index in [0.29, 0.717) is 51.3 Å². The van der Waals surface area contributed by atoms with Crippen LogP contribution in [0.3, 0.4) is 0 Å². The number of carbonyl (C=O) groups excluding carboxylic acids is 4. The van der Waals surface area contributed by atoms with Crippen molar-refractivity contribution in [3.63, 3.8) is 0 Å². The van der Waals surface area contributed by atoms with E-state index in [2.05, 4.69) is 0 Å². The van der Waals surface area contributed by atoms with Gasteiger partial charge in [0.1, 0.15) is 12.4 Å². The van der Waals surface area contributed by atoms with Gasteiger partial charge in [0.15, 0.2) is 0 Å². The lowest BCUT2D eigenvalue weighted by atomic mass is 10.0. The fourth-order valence-electron chi connectivity index (χ4n) is 3.17. The van der Waals surface area contributed by atoms with Crippen molar-refractivity contribution in [2.75, 3.05) is 26.8 Å². The number of benzene rings is 1. The molecule has 0 radical (unpaired) electrons. The number of Topliss-reactive ketones (excluding diaryl/α,β-unsaturated/α-hetero) is 1. The first-order valence-corrected chi connectivity index (χ1v) is 10.5. The van der Waals surface area contributed by atoms with Crippen molar-refractivity contribution in [3.05, 3.63) is 35.4 Å². The highest BCUT2D eigenvalue weighted by Crippen LogP contribution is 2.13. The van der Waals surface area contributed by atoms with Crippen LogP contribution in [-0.2, 0) is 36.9 Å². The number of likely N-dealkylation sites (N-methyl/N-ethyl adjacent to an activating group) is 1. The first-order valence-electron chi connectivity index (χ1n) is 10.5. The van der Waals surface area contributed by atoms with Gasteiger partial charge >= 0.3 is 0 Å². The Hall–Kier alpha value is -2.54. The summed E-state index contributed by atoms with van der Waals surface area (Å²) in [7, 11) is 1.71. The number of rotatable bonds is 12. The average Bonchev–Trinajstić information content (AvgIpc) is 2.67. The van der Waals surface area contributed by atoms with Crippen molar-refractivity contribution in [2.45, 2.75) is 52.5 Å². The molecule has 1 aliphatic heterocycles. The van der Waals surface area contributed by atoms with Crippen LogP contribution in [0.2, 0.25) is 0 Å². The van der Waals surface area contributed by atoms with Gasteiger partial charge < -0.3 is 9.64 Å². The summed E-state index contributed by atoms with van der Waals surface area (Å²) in [5, 5.41) is 0. The van der Waals surface area contributed by atoms with E-state index < -0.39 is 0 Å². The van der Waals surface area contributed by atoms with Gasteiger partial charge in [-0.3, -0.25) is 24.1 Å². The Balaban J connectivity index is 1.66. The van der Waals surface area contributed by atoms with Gasteiger partial charge in [-0.25, -0.2) is 0 Å². The molecule has 164 valence electrons. The smallest absolute Gasteiger partial charge is 0.248 e.